The Morgan fingerprint density at radius 3 is 2.50 bits per heavy atom. The summed E-state index contributed by atoms with van der Waals surface area (Å²) in [6, 6.07) is 5.40. The second-order valence-electron chi connectivity index (χ2n) is 5.75. The number of hydrogen-bond acceptors (Lipinski definition) is 1. The molecule has 0 aliphatic rings. The third-order valence-corrected chi connectivity index (χ3v) is 3.95. The van der Waals surface area contributed by atoms with Crippen LogP contribution in [0.4, 0.5) is 4.39 Å². The molecular weight excluding hydrogens is 293 g/mol. The minimum absolute atomic E-state index is 0.190. The first-order chi connectivity index (χ1) is 8.34. The maximum atomic E-state index is 13.0. The molecule has 0 saturated heterocycles. The predicted octanol–water partition coefficient (Wildman–Crippen LogP) is 4.55. The van der Waals surface area contributed by atoms with E-state index >= 15 is 0 Å². The largest absolute Gasteiger partial charge is 0.314 e. The molecule has 0 aromatic heterocycles. The quantitative estimate of drug-likeness (QED) is 0.840. The molecule has 0 spiro atoms. The lowest BCUT2D eigenvalue weighted by molar-refractivity contribution is 0.258. The Labute approximate surface area is 118 Å². The minimum Gasteiger partial charge on any atom is -0.314 e. The highest BCUT2D eigenvalue weighted by Crippen LogP contribution is 2.25. The molecule has 0 aliphatic heterocycles. The maximum Gasteiger partial charge on any atom is 0.124 e. The highest BCUT2D eigenvalue weighted by atomic mass is 79.9. The topological polar surface area (TPSA) is 12.0 Å². The zero-order valence-electron chi connectivity index (χ0n) is 11.7. The molecule has 0 amide bonds. The van der Waals surface area contributed by atoms with Gasteiger partial charge in [0.05, 0.1) is 0 Å². The molecule has 1 rings (SSSR count). The van der Waals surface area contributed by atoms with Crippen molar-refractivity contribution in [3.8, 4) is 0 Å². The van der Waals surface area contributed by atoms with Crippen molar-refractivity contribution in [1.29, 1.82) is 0 Å². The Kier molecular flexibility index (Phi) is 5.80. The Balaban J connectivity index is 2.67. The van der Waals surface area contributed by atoms with Crippen molar-refractivity contribution in [2.24, 2.45) is 5.41 Å². The monoisotopic (exact) mass is 315 g/mol. The van der Waals surface area contributed by atoms with Crippen molar-refractivity contribution in [3.63, 3.8) is 0 Å². The van der Waals surface area contributed by atoms with Crippen molar-refractivity contribution >= 4 is 15.9 Å². The first-order valence-electron chi connectivity index (χ1n) is 6.52. The molecule has 0 aliphatic carbocycles. The molecule has 0 fully saturated rings. The van der Waals surface area contributed by atoms with Crippen LogP contribution >= 0.6 is 15.9 Å². The van der Waals surface area contributed by atoms with Crippen LogP contribution in [0.1, 0.15) is 39.7 Å². The van der Waals surface area contributed by atoms with Gasteiger partial charge in [-0.2, -0.15) is 0 Å². The maximum absolute atomic E-state index is 13.0. The van der Waals surface area contributed by atoms with E-state index in [9.17, 15) is 4.39 Å². The standard InChI is InChI=1S/C15H23BrFN/c1-5-18-14(15(2,3)4)9-7-11-6-8-12(17)10-13(11)16/h6,8,10,14,18H,5,7,9H2,1-4H3. The van der Waals surface area contributed by atoms with Gasteiger partial charge in [-0.25, -0.2) is 4.39 Å². The van der Waals surface area contributed by atoms with Crippen molar-refractivity contribution in [3.05, 3.63) is 34.1 Å². The molecule has 0 heterocycles. The molecule has 0 saturated carbocycles. The number of aryl methyl sites for hydroxylation is 1. The van der Waals surface area contributed by atoms with Gasteiger partial charge in [-0.1, -0.05) is 49.7 Å². The molecule has 102 valence electrons. The summed E-state index contributed by atoms with van der Waals surface area (Å²) in [6.07, 6.45) is 2.01. The van der Waals surface area contributed by atoms with E-state index in [1.165, 1.54) is 17.7 Å². The summed E-state index contributed by atoms with van der Waals surface area (Å²) in [5.74, 6) is -0.190. The molecular formula is C15H23BrFN. The van der Waals surface area contributed by atoms with Crippen molar-refractivity contribution in [1.82, 2.24) is 5.32 Å². The fourth-order valence-corrected chi connectivity index (χ4v) is 2.66. The lowest BCUT2D eigenvalue weighted by Gasteiger charge is -2.31. The van der Waals surface area contributed by atoms with E-state index in [2.05, 4.69) is 48.9 Å². The van der Waals surface area contributed by atoms with E-state index in [-0.39, 0.29) is 11.2 Å². The van der Waals surface area contributed by atoms with Crippen molar-refractivity contribution in [2.45, 2.75) is 46.6 Å². The van der Waals surface area contributed by atoms with Gasteiger partial charge in [0.1, 0.15) is 5.82 Å². The first-order valence-corrected chi connectivity index (χ1v) is 7.31. The highest BCUT2D eigenvalue weighted by molar-refractivity contribution is 9.10. The highest BCUT2D eigenvalue weighted by Gasteiger charge is 2.23. The Morgan fingerprint density at radius 1 is 1.33 bits per heavy atom. The zero-order chi connectivity index (χ0) is 13.8. The molecule has 1 N–H and O–H groups in total. The van der Waals surface area contributed by atoms with Gasteiger partial charge in [-0.15, -0.1) is 0 Å². The molecule has 1 aromatic rings. The second-order valence-corrected chi connectivity index (χ2v) is 6.61. The predicted molar refractivity (Wildman–Crippen MR) is 79.3 cm³/mol. The van der Waals surface area contributed by atoms with Crippen LogP contribution < -0.4 is 5.32 Å². The SMILES string of the molecule is CCNC(CCc1ccc(F)cc1Br)C(C)(C)C. The molecule has 0 radical (unpaired) electrons. The van der Waals surface area contributed by atoms with Gasteiger partial charge in [0.15, 0.2) is 0 Å². The van der Waals surface area contributed by atoms with Crippen molar-refractivity contribution < 1.29 is 4.39 Å². The third kappa shape index (κ3) is 4.69. The fraction of sp³-hybridized carbons (Fsp3) is 0.600. The second kappa shape index (κ2) is 6.67. The van der Waals surface area contributed by atoms with E-state index in [0.29, 0.717) is 6.04 Å². The average Bonchev–Trinajstić information content (AvgIpc) is 2.24. The summed E-state index contributed by atoms with van der Waals surface area (Å²) < 4.78 is 13.9. The Hall–Kier alpha value is -0.410. The lowest BCUT2D eigenvalue weighted by Crippen LogP contribution is -2.40. The summed E-state index contributed by atoms with van der Waals surface area (Å²) in [5.41, 5.74) is 1.41. The van der Waals surface area contributed by atoms with Gasteiger partial charge in [-0.05, 0) is 42.5 Å². The average molecular weight is 316 g/mol. The summed E-state index contributed by atoms with van der Waals surface area (Å²) in [6.45, 7) is 9.86. The molecule has 18 heavy (non-hydrogen) atoms. The summed E-state index contributed by atoms with van der Waals surface area (Å²) in [7, 11) is 0. The van der Waals surface area contributed by atoms with Crippen LogP contribution in [0, 0.1) is 11.2 Å². The van der Waals surface area contributed by atoms with Gasteiger partial charge in [-0.3, -0.25) is 0 Å². The number of nitrogens with one attached hydrogen (secondary N) is 1. The van der Waals surface area contributed by atoms with Crippen LogP contribution in [0.15, 0.2) is 22.7 Å². The van der Waals surface area contributed by atoms with Crippen LogP contribution in [-0.4, -0.2) is 12.6 Å². The van der Waals surface area contributed by atoms with Crippen LogP contribution in [-0.2, 0) is 6.42 Å². The van der Waals surface area contributed by atoms with Gasteiger partial charge in [0, 0.05) is 10.5 Å². The van der Waals surface area contributed by atoms with E-state index in [1.807, 2.05) is 6.07 Å². The third-order valence-electron chi connectivity index (χ3n) is 3.21. The number of rotatable bonds is 5. The molecule has 1 nitrogen and oxygen atoms in total. The molecule has 0 bridgehead atoms. The van der Waals surface area contributed by atoms with E-state index in [4.69, 9.17) is 0 Å². The smallest absolute Gasteiger partial charge is 0.124 e. The van der Waals surface area contributed by atoms with Crippen LogP contribution in [0.5, 0.6) is 0 Å². The van der Waals surface area contributed by atoms with E-state index < -0.39 is 0 Å². The number of benzene rings is 1. The molecule has 1 atom stereocenters. The van der Waals surface area contributed by atoms with Crippen LogP contribution in [0.3, 0.4) is 0 Å². The lowest BCUT2D eigenvalue weighted by atomic mass is 9.83. The van der Waals surface area contributed by atoms with Gasteiger partial charge < -0.3 is 5.32 Å². The fourth-order valence-electron chi connectivity index (χ4n) is 2.11. The summed E-state index contributed by atoms with van der Waals surface area (Å²) in [4.78, 5) is 0. The molecule has 1 aromatic carbocycles. The van der Waals surface area contributed by atoms with Gasteiger partial charge >= 0.3 is 0 Å². The van der Waals surface area contributed by atoms with Crippen LogP contribution in [0.25, 0.3) is 0 Å². The van der Waals surface area contributed by atoms with Gasteiger partial charge in [0.25, 0.3) is 0 Å². The first kappa shape index (κ1) is 15.6. The minimum atomic E-state index is -0.190. The molecule has 3 heteroatoms. The van der Waals surface area contributed by atoms with E-state index in [1.54, 1.807) is 0 Å². The Morgan fingerprint density at radius 2 is 2.00 bits per heavy atom. The summed E-state index contributed by atoms with van der Waals surface area (Å²) >= 11 is 3.43. The van der Waals surface area contributed by atoms with E-state index in [0.717, 1.165) is 23.9 Å². The van der Waals surface area contributed by atoms with Crippen LogP contribution in [0.2, 0.25) is 0 Å². The van der Waals surface area contributed by atoms with Crippen molar-refractivity contribution in [2.75, 3.05) is 6.54 Å². The summed E-state index contributed by atoms with van der Waals surface area (Å²) in [5, 5.41) is 3.53. The van der Waals surface area contributed by atoms with Gasteiger partial charge in [0.2, 0.25) is 0 Å². The molecule has 1 unspecified atom stereocenters. The number of hydrogen-bond donors (Lipinski definition) is 1. The normalized spacial score (nSPS) is 13.7. The Bertz CT molecular complexity index is 385. The number of halogens is 2. The zero-order valence-corrected chi connectivity index (χ0v) is 13.3.